The van der Waals surface area contributed by atoms with Crippen molar-refractivity contribution in [2.24, 2.45) is 0 Å². The van der Waals surface area contributed by atoms with E-state index in [1.165, 1.54) is 12.1 Å². The number of hydrogen-bond acceptors (Lipinski definition) is 4. The summed E-state index contributed by atoms with van der Waals surface area (Å²) in [5.41, 5.74) is 0.273. The monoisotopic (exact) mass is 452 g/mol. The van der Waals surface area contributed by atoms with Gasteiger partial charge in [0, 0.05) is 0 Å². The molecule has 4 aromatic rings. The van der Waals surface area contributed by atoms with E-state index >= 15 is 0 Å². The first-order valence-corrected chi connectivity index (χ1v) is 11.9. The van der Waals surface area contributed by atoms with E-state index in [-0.39, 0.29) is 11.3 Å². The molecule has 0 unspecified atom stereocenters. The van der Waals surface area contributed by atoms with Crippen molar-refractivity contribution in [1.29, 1.82) is 0 Å². The molecule has 2 aromatic heterocycles. The van der Waals surface area contributed by atoms with Gasteiger partial charge < -0.3 is 0 Å². The summed E-state index contributed by atoms with van der Waals surface area (Å²) < 4.78 is 12.3. The molecule has 24 heavy (non-hydrogen) atoms. The van der Waals surface area contributed by atoms with Gasteiger partial charge in [0.15, 0.2) is 0 Å². The average Bonchev–Trinajstić information content (AvgIpc) is 2.59. The fourth-order valence-corrected chi connectivity index (χ4v) is 6.42. The summed E-state index contributed by atoms with van der Waals surface area (Å²) in [6, 6.07) is 17.6. The van der Waals surface area contributed by atoms with Gasteiger partial charge in [-0.25, -0.2) is 0 Å². The molecule has 6 heteroatoms. The second-order valence-corrected chi connectivity index (χ2v) is 10.9. The molecule has 0 fully saturated rings. The number of fused-ring (bicyclic) bond motifs is 2. The molecule has 0 amide bonds. The number of hydrogen-bond donors (Lipinski definition) is 0. The van der Waals surface area contributed by atoms with E-state index in [9.17, 15) is 9.59 Å². The Labute approximate surface area is 146 Å². The van der Waals surface area contributed by atoms with Crippen LogP contribution in [0.25, 0.3) is 21.9 Å². The van der Waals surface area contributed by atoms with Crippen LogP contribution in [0.1, 0.15) is 0 Å². The molecule has 0 N–H and O–H groups in total. The van der Waals surface area contributed by atoms with Gasteiger partial charge in [0.1, 0.15) is 0 Å². The van der Waals surface area contributed by atoms with Gasteiger partial charge in [-0.3, -0.25) is 0 Å². The number of halogens is 2. The molecule has 0 aliphatic carbocycles. The maximum atomic E-state index is 11.4. The molecule has 0 bridgehead atoms. The Kier molecular flexibility index (Phi) is 3.90. The van der Waals surface area contributed by atoms with Crippen molar-refractivity contribution < 1.29 is 8.83 Å². The Morgan fingerprint density at radius 1 is 0.667 bits per heavy atom. The van der Waals surface area contributed by atoms with E-state index in [1.54, 1.807) is 12.1 Å². The second kappa shape index (κ2) is 6.07. The van der Waals surface area contributed by atoms with Gasteiger partial charge in [-0.2, -0.15) is 0 Å². The standard InChI is InChI=1S/C18H10ClIO4/c19-20(13-5-1-11-3-7-17(21)23-15(11)9-13)14-6-2-12-4-8-18(22)24-16(12)10-14/h1-10H. The summed E-state index contributed by atoms with van der Waals surface area (Å²) >= 11 is -2.22. The molecule has 0 atom stereocenters. The van der Waals surface area contributed by atoms with Gasteiger partial charge in [-0.15, -0.1) is 0 Å². The Hall–Kier alpha value is -2.12. The van der Waals surface area contributed by atoms with Crippen LogP contribution in [-0.2, 0) is 0 Å². The molecule has 2 aromatic carbocycles. The molecule has 0 radical (unpaired) electrons. The van der Waals surface area contributed by atoms with Crippen LogP contribution in [0, 0.1) is 7.14 Å². The van der Waals surface area contributed by atoms with E-state index in [4.69, 9.17) is 17.7 Å². The molecule has 2 heterocycles. The maximum absolute atomic E-state index is 11.4. The predicted molar refractivity (Wildman–Crippen MR) is 102 cm³/mol. The summed E-state index contributed by atoms with van der Waals surface area (Å²) in [5.74, 6) is 0. The fraction of sp³-hybridized carbons (Fsp3) is 0. The van der Waals surface area contributed by atoms with Crippen molar-refractivity contribution in [3.8, 4) is 0 Å². The Bertz CT molecular complexity index is 1090. The third-order valence-corrected chi connectivity index (χ3v) is 9.30. The number of benzene rings is 2. The minimum atomic E-state index is -2.22. The SMILES string of the molecule is O=c1ccc2ccc(I(Cl)c3ccc4ccc(=O)oc4c3)cc2o1. The summed E-state index contributed by atoms with van der Waals surface area (Å²) in [6.07, 6.45) is 0. The zero-order chi connectivity index (χ0) is 16.7. The molecule has 0 saturated carbocycles. The molecule has 4 nitrogen and oxygen atoms in total. The van der Waals surface area contributed by atoms with Crippen LogP contribution in [0.5, 0.6) is 0 Å². The number of rotatable bonds is 2. The van der Waals surface area contributed by atoms with E-state index in [0.717, 1.165) is 17.9 Å². The van der Waals surface area contributed by atoms with E-state index < -0.39 is 18.7 Å². The van der Waals surface area contributed by atoms with Gasteiger partial charge >= 0.3 is 147 Å². The summed E-state index contributed by atoms with van der Waals surface area (Å²) in [5, 5.41) is 1.70. The molecule has 4 rings (SSSR count). The van der Waals surface area contributed by atoms with Crippen molar-refractivity contribution in [1.82, 2.24) is 0 Å². The molecule has 0 aliphatic heterocycles. The second-order valence-electron chi connectivity index (χ2n) is 5.11. The van der Waals surface area contributed by atoms with Crippen LogP contribution in [0.4, 0.5) is 0 Å². The molecular weight excluding hydrogens is 443 g/mol. The molecular formula is C18H10ClIO4. The summed E-state index contributed by atoms with van der Waals surface area (Å²) in [7, 11) is 6.73. The Balaban J connectivity index is 1.81. The van der Waals surface area contributed by atoms with Gasteiger partial charge in [0.2, 0.25) is 0 Å². The van der Waals surface area contributed by atoms with Gasteiger partial charge in [0.25, 0.3) is 0 Å². The van der Waals surface area contributed by atoms with E-state index in [0.29, 0.717) is 11.2 Å². The van der Waals surface area contributed by atoms with Crippen molar-refractivity contribution in [2.75, 3.05) is 0 Å². The first-order chi connectivity index (χ1) is 11.6. The Morgan fingerprint density at radius 3 is 1.54 bits per heavy atom. The third-order valence-electron chi connectivity index (χ3n) is 3.55. The molecule has 0 spiro atoms. The van der Waals surface area contributed by atoms with Gasteiger partial charge in [-0.05, 0) is 0 Å². The fourth-order valence-electron chi connectivity index (χ4n) is 2.40. The van der Waals surface area contributed by atoms with E-state index in [2.05, 4.69) is 0 Å². The Morgan fingerprint density at radius 2 is 1.08 bits per heavy atom. The van der Waals surface area contributed by atoms with Crippen LogP contribution in [-0.4, -0.2) is 0 Å². The average molecular weight is 453 g/mol. The van der Waals surface area contributed by atoms with Gasteiger partial charge in [0.05, 0.1) is 0 Å². The van der Waals surface area contributed by atoms with Crippen LogP contribution < -0.4 is 11.3 Å². The van der Waals surface area contributed by atoms with Crippen molar-refractivity contribution in [3.05, 3.63) is 88.6 Å². The zero-order valence-electron chi connectivity index (χ0n) is 12.2. The van der Waals surface area contributed by atoms with Crippen molar-refractivity contribution in [2.45, 2.75) is 0 Å². The van der Waals surface area contributed by atoms with Crippen LogP contribution in [0.2, 0.25) is 0 Å². The first-order valence-electron chi connectivity index (χ1n) is 7.04. The normalized spacial score (nSPS) is 11.8. The molecule has 0 saturated heterocycles. The molecule has 120 valence electrons. The zero-order valence-corrected chi connectivity index (χ0v) is 15.1. The van der Waals surface area contributed by atoms with Crippen LogP contribution >= 0.6 is 27.6 Å². The minimum absolute atomic E-state index is 0.387. The van der Waals surface area contributed by atoms with Crippen LogP contribution in [0.15, 0.2) is 79.1 Å². The van der Waals surface area contributed by atoms with Gasteiger partial charge in [-0.1, -0.05) is 0 Å². The summed E-state index contributed by atoms with van der Waals surface area (Å²) in [4.78, 5) is 22.8. The van der Waals surface area contributed by atoms with Crippen molar-refractivity contribution in [3.63, 3.8) is 0 Å². The quantitative estimate of drug-likeness (QED) is 0.329. The van der Waals surface area contributed by atoms with Crippen molar-refractivity contribution >= 4 is 49.5 Å². The first kappa shape index (κ1) is 15.4. The molecule has 0 aliphatic rings. The topological polar surface area (TPSA) is 60.4 Å². The predicted octanol–water partition coefficient (Wildman–Crippen LogP) is 4.60. The summed E-state index contributed by atoms with van der Waals surface area (Å²) in [6.45, 7) is 0. The van der Waals surface area contributed by atoms with E-state index in [1.807, 2.05) is 36.4 Å². The third kappa shape index (κ3) is 2.85. The van der Waals surface area contributed by atoms with Crippen LogP contribution in [0.3, 0.4) is 0 Å².